The van der Waals surface area contributed by atoms with Crippen LogP contribution in [0.25, 0.3) is 11.8 Å². The zero-order chi connectivity index (χ0) is 25.5. The van der Waals surface area contributed by atoms with Crippen LogP contribution in [0.4, 0.5) is 5.69 Å². The summed E-state index contributed by atoms with van der Waals surface area (Å²) < 4.78 is 7.94. The number of nitriles is 2. The lowest BCUT2D eigenvalue weighted by atomic mass is 10.1. The number of hydrogen-bond acceptors (Lipinski definition) is 4. The van der Waals surface area contributed by atoms with Crippen LogP contribution < -0.4 is 10.1 Å². The number of rotatable bonds is 7. The van der Waals surface area contributed by atoms with E-state index in [2.05, 4.69) is 16.0 Å². The number of aryl methyl sites for hydroxylation is 1. The van der Waals surface area contributed by atoms with Crippen molar-refractivity contribution in [3.63, 3.8) is 0 Å². The van der Waals surface area contributed by atoms with Gasteiger partial charge in [0.05, 0.1) is 11.6 Å². The second-order valence-electron chi connectivity index (χ2n) is 8.20. The minimum Gasteiger partial charge on any atom is -0.489 e. The highest BCUT2D eigenvalue weighted by Gasteiger charge is 2.14. The van der Waals surface area contributed by atoms with E-state index in [1.54, 1.807) is 24.3 Å². The van der Waals surface area contributed by atoms with E-state index in [0.717, 1.165) is 28.2 Å². The Kier molecular flexibility index (Phi) is 7.29. The highest BCUT2D eigenvalue weighted by atomic mass is 16.5. The minimum atomic E-state index is -0.451. The Morgan fingerprint density at radius 3 is 2.36 bits per heavy atom. The van der Waals surface area contributed by atoms with Gasteiger partial charge in [0.2, 0.25) is 0 Å². The number of hydrogen-bond donors (Lipinski definition) is 1. The normalized spacial score (nSPS) is 10.8. The number of carbonyl (C=O) groups excluding carboxylic acids is 1. The van der Waals surface area contributed by atoms with Crippen molar-refractivity contribution in [2.75, 3.05) is 5.32 Å². The third-order valence-electron chi connectivity index (χ3n) is 5.79. The van der Waals surface area contributed by atoms with Crippen molar-refractivity contribution in [1.82, 2.24) is 4.57 Å². The highest BCUT2D eigenvalue weighted by Crippen LogP contribution is 2.25. The van der Waals surface area contributed by atoms with Crippen LogP contribution in [0, 0.1) is 36.5 Å². The molecule has 0 aliphatic carbocycles. The van der Waals surface area contributed by atoms with Gasteiger partial charge in [-0.25, -0.2) is 0 Å². The van der Waals surface area contributed by atoms with Crippen molar-refractivity contribution in [3.05, 3.63) is 119 Å². The first-order valence-corrected chi connectivity index (χ1v) is 11.4. The number of para-hydroxylation sites is 1. The Balaban J connectivity index is 1.52. The average Bonchev–Trinajstić information content (AvgIpc) is 3.19. The molecule has 0 fully saturated rings. The molecule has 0 saturated heterocycles. The van der Waals surface area contributed by atoms with E-state index in [9.17, 15) is 15.3 Å². The van der Waals surface area contributed by atoms with Crippen molar-refractivity contribution in [2.24, 2.45) is 0 Å². The third-order valence-corrected chi connectivity index (χ3v) is 5.79. The van der Waals surface area contributed by atoms with Crippen LogP contribution >= 0.6 is 0 Å². The quantitative estimate of drug-likeness (QED) is 0.260. The molecule has 6 nitrogen and oxygen atoms in total. The smallest absolute Gasteiger partial charge is 0.266 e. The first kappa shape index (κ1) is 24.1. The van der Waals surface area contributed by atoms with Crippen LogP contribution in [0.5, 0.6) is 5.75 Å². The number of ether oxygens (including phenoxy) is 1. The van der Waals surface area contributed by atoms with Gasteiger partial charge in [-0.15, -0.1) is 0 Å². The van der Waals surface area contributed by atoms with Gasteiger partial charge in [0.25, 0.3) is 5.91 Å². The second kappa shape index (κ2) is 10.9. The molecule has 0 saturated carbocycles. The number of anilines is 1. The number of carbonyl (C=O) groups is 1. The molecule has 0 aliphatic heterocycles. The first-order chi connectivity index (χ1) is 17.5. The second-order valence-corrected chi connectivity index (χ2v) is 8.20. The Bertz CT molecular complexity index is 1500. The third kappa shape index (κ3) is 5.35. The van der Waals surface area contributed by atoms with Crippen molar-refractivity contribution in [1.29, 1.82) is 10.5 Å². The molecule has 1 amide bonds. The fourth-order valence-electron chi connectivity index (χ4n) is 3.96. The van der Waals surface area contributed by atoms with E-state index in [-0.39, 0.29) is 5.57 Å². The fourth-order valence-corrected chi connectivity index (χ4v) is 3.96. The molecule has 0 bridgehead atoms. The SMILES string of the molecule is Cc1cc(/C=C(/C#N)C(=O)Nc2ccccc2)c(C)n1-c1ccc(OCc2ccccc2C#N)cc1. The zero-order valence-electron chi connectivity index (χ0n) is 20.0. The van der Waals surface area contributed by atoms with E-state index in [0.29, 0.717) is 23.6 Å². The maximum absolute atomic E-state index is 12.6. The van der Waals surface area contributed by atoms with Gasteiger partial charge in [-0.05, 0) is 74.0 Å². The molecular formula is C30H24N4O2. The molecule has 0 atom stereocenters. The van der Waals surface area contributed by atoms with Gasteiger partial charge in [-0.2, -0.15) is 10.5 Å². The molecule has 0 aliphatic rings. The van der Waals surface area contributed by atoms with Crippen LogP contribution in [0.2, 0.25) is 0 Å². The molecule has 36 heavy (non-hydrogen) atoms. The van der Waals surface area contributed by atoms with Crippen molar-refractivity contribution in [3.8, 4) is 23.6 Å². The van der Waals surface area contributed by atoms with Crippen molar-refractivity contribution < 1.29 is 9.53 Å². The summed E-state index contributed by atoms with van der Waals surface area (Å²) in [5, 5.41) is 21.6. The molecule has 4 aromatic rings. The Morgan fingerprint density at radius 1 is 0.972 bits per heavy atom. The minimum absolute atomic E-state index is 0.0282. The van der Waals surface area contributed by atoms with Crippen LogP contribution in [-0.2, 0) is 11.4 Å². The lowest BCUT2D eigenvalue weighted by Gasteiger charge is -2.12. The topological polar surface area (TPSA) is 90.8 Å². The molecule has 176 valence electrons. The van der Waals surface area contributed by atoms with Crippen LogP contribution in [0.3, 0.4) is 0 Å². The molecule has 0 radical (unpaired) electrons. The van der Waals surface area contributed by atoms with E-state index < -0.39 is 5.91 Å². The lowest BCUT2D eigenvalue weighted by Crippen LogP contribution is -2.13. The van der Waals surface area contributed by atoms with Gasteiger partial charge < -0.3 is 14.6 Å². The molecule has 0 unspecified atom stereocenters. The molecule has 1 aromatic heterocycles. The van der Waals surface area contributed by atoms with Crippen LogP contribution in [-0.4, -0.2) is 10.5 Å². The van der Waals surface area contributed by atoms with Gasteiger partial charge in [0.15, 0.2) is 0 Å². The molecule has 6 heteroatoms. The summed E-state index contributed by atoms with van der Waals surface area (Å²) in [4.78, 5) is 12.6. The summed E-state index contributed by atoms with van der Waals surface area (Å²) in [6.07, 6.45) is 1.61. The summed E-state index contributed by atoms with van der Waals surface area (Å²) in [7, 11) is 0. The van der Waals surface area contributed by atoms with Gasteiger partial charge in [-0.3, -0.25) is 4.79 Å². The van der Waals surface area contributed by atoms with Crippen LogP contribution in [0.15, 0.2) is 90.5 Å². The Morgan fingerprint density at radius 2 is 1.67 bits per heavy atom. The monoisotopic (exact) mass is 472 g/mol. The predicted octanol–water partition coefficient (Wildman–Crippen LogP) is 6.09. The summed E-state index contributed by atoms with van der Waals surface area (Å²) in [6, 6.07) is 30.2. The summed E-state index contributed by atoms with van der Waals surface area (Å²) in [5.74, 6) is 0.242. The van der Waals surface area contributed by atoms with E-state index in [1.165, 1.54) is 0 Å². The Hall–Kier alpha value is -5.07. The standard InChI is InChI=1S/C30H24N4O2/c1-21-16-25(17-26(19-32)30(35)33-27-10-4-3-5-11-27)22(2)34(21)28-12-14-29(15-13-28)36-20-24-9-7-6-8-23(24)18-31/h3-17H,20H2,1-2H3,(H,33,35)/b26-17-. The number of amides is 1. The molecule has 0 spiro atoms. The number of aromatic nitrogens is 1. The molecule has 1 N–H and O–H groups in total. The maximum Gasteiger partial charge on any atom is 0.266 e. The Labute approximate surface area is 210 Å². The van der Waals surface area contributed by atoms with E-state index in [1.807, 2.05) is 86.6 Å². The van der Waals surface area contributed by atoms with Gasteiger partial charge in [-0.1, -0.05) is 36.4 Å². The first-order valence-electron chi connectivity index (χ1n) is 11.4. The van der Waals surface area contributed by atoms with E-state index in [4.69, 9.17) is 4.74 Å². The van der Waals surface area contributed by atoms with Gasteiger partial charge >= 0.3 is 0 Å². The summed E-state index contributed by atoms with van der Waals surface area (Å²) >= 11 is 0. The van der Waals surface area contributed by atoms with Crippen molar-refractivity contribution in [2.45, 2.75) is 20.5 Å². The van der Waals surface area contributed by atoms with Crippen molar-refractivity contribution >= 4 is 17.7 Å². The lowest BCUT2D eigenvalue weighted by molar-refractivity contribution is -0.112. The number of benzene rings is 3. The number of nitrogens with zero attached hydrogens (tertiary/aromatic N) is 3. The molecule has 3 aromatic carbocycles. The van der Waals surface area contributed by atoms with Gasteiger partial charge in [0.1, 0.15) is 24.0 Å². The molecule has 1 heterocycles. The van der Waals surface area contributed by atoms with Crippen LogP contribution in [0.1, 0.15) is 28.1 Å². The molecule has 4 rings (SSSR count). The summed E-state index contributed by atoms with van der Waals surface area (Å²) in [6.45, 7) is 4.23. The fraction of sp³-hybridized carbons (Fsp3) is 0.100. The maximum atomic E-state index is 12.6. The average molecular weight is 473 g/mol. The highest BCUT2D eigenvalue weighted by molar-refractivity contribution is 6.09. The predicted molar refractivity (Wildman–Crippen MR) is 139 cm³/mol. The summed E-state index contributed by atoms with van der Waals surface area (Å²) in [5.41, 5.74) is 5.69. The molecular weight excluding hydrogens is 448 g/mol. The zero-order valence-corrected chi connectivity index (χ0v) is 20.0. The van der Waals surface area contributed by atoms with E-state index >= 15 is 0 Å². The largest absolute Gasteiger partial charge is 0.489 e. The van der Waals surface area contributed by atoms with Gasteiger partial charge in [0, 0.05) is 28.3 Å². The number of nitrogens with one attached hydrogen (secondary N) is 1.